The molecule has 1 aliphatic heterocycles. The second-order valence-corrected chi connectivity index (χ2v) is 8.22. The van der Waals surface area contributed by atoms with Crippen molar-refractivity contribution in [1.29, 1.82) is 0 Å². The first-order valence-corrected chi connectivity index (χ1v) is 11.1. The Hall–Kier alpha value is -4.21. The molecule has 1 fully saturated rings. The lowest BCUT2D eigenvalue weighted by Crippen LogP contribution is -2.48. The van der Waals surface area contributed by atoms with E-state index in [0.717, 1.165) is 24.3 Å². The standard InChI is InChI=1S/C25H23FN4O5/c1-3-28-14-18(20(32)6-4-16-5-7-21(33)22(34)12-16)23(35)17-13-19(26)25(27-24(17)28)30-10-8-29(9-11-30)15(2)31/h4-7,12-14H,3,8-11H2,1-2H3. The highest BCUT2D eigenvalue weighted by molar-refractivity contribution is 6.46. The van der Waals surface area contributed by atoms with Crippen LogP contribution in [-0.4, -0.2) is 63.9 Å². The van der Waals surface area contributed by atoms with Crippen molar-refractivity contribution in [3.63, 3.8) is 0 Å². The Morgan fingerprint density at radius 2 is 1.80 bits per heavy atom. The number of carbonyl (C=O) groups excluding carboxylic acids is 4. The van der Waals surface area contributed by atoms with Crippen molar-refractivity contribution in [1.82, 2.24) is 14.5 Å². The van der Waals surface area contributed by atoms with Gasteiger partial charge in [0.05, 0.1) is 10.9 Å². The third-order valence-corrected chi connectivity index (χ3v) is 6.01. The van der Waals surface area contributed by atoms with E-state index in [9.17, 15) is 24.0 Å². The molecule has 180 valence electrons. The van der Waals surface area contributed by atoms with Gasteiger partial charge in [0, 0.05) is 45.8 Å². The number of piperazine rings is 1. The van der Waals surface area contributed by atoms with Gasteiger partial charge in [-0.1, -0.05) is 12.2 Å². The molecule has 35 heavy (non-hydrogen) atoms. The Morgan fingerprint density at radius 1 is 1.09 bits per heavy atom. The molecular formula is C25H23FN4O5. The number of anilines is 1. The summed E-state index contributed by atoms with van der Waals surface area (Å²) in [6.45, 7) is 5.38. The molecule has 2 aromatic rings. The van der Waals surface area contributed by atoms with Gasteiger partial charge in [0.1, 0.15) is 5.65 Å². The number of allylic oxidation sites excluding steroid dienone is 6. The first-order valence-electron chi connectivity index (χ1n) is 11.1. The molecule has 0 aromatic carbocycles. The summed E-state index contributed by atoms with van der Waals surface area (Å²) >= 11 is 0. The van der Waals surface area contributed by atoms with E-state index in [1.165, 1.54) is 25.3 Å². The van der Waals surface area contributed by atoms with Gasteiger partial charge in [-0.15, -0.1) is 0 Å². The van der Waals surface area contributed by atoms with Crippen LogP contribution in [0.5, 0.6) is 0 Å². The maximum Gasteiger partial charge on any atom is 0.226 e. The van der Waals surface area contributed by atoms with Gasteiger partial charge >= 0.3 is 0 Å². The number of nitrogens with zero attached hydrogens (tertiary/aromatic N) is 4. The molecule has 0 atom stereocenters. The Balaban J connectivity index is 1.68. The van der Waals surface area contributed by atoms with Crippen molar-refractivity contribution in [2.24, 2.45) is 0 Å². The molecule has 1 saturated heterocycles. The Labute approximate surface area is 199 Å². The van der Waals surface area contributed by atoms with Crippen LogP contribution in [0.15, 0.2) is 53.0 Å². The zero-order chi connectivity index (χ0) is 25.3. The molecule has 0 radical (unpaired) electrons. The quantitative estimate of drug-likeness (QED) is 0.278. The van der Waals surface area contributed by atoms with Crippen LogP contribution in [0.3, 0.4) is 0 Å². The minimum atomic E-state index is -0.696. The number of hydrogen-bond acceptors (Lipinski definition) is 7. The first-order chi connectivity index (χ1) is 16.7. The number of fused-ring (bicyclic) bond motifs is 1. The second kappa shape index (κ2) is 9.57. The Bertz CT molecular complexity index is 1410. The van der Waals surface area contributed by atoms with Crippen LogP contribution in [0, 0.1) is 5.82 Å². The van der Waals surface area contributed by atoms with Crippen molar-refractivity contribution < 1.29 is 23.6 Å². The number of amides is 1. The summed E-state index contributed by atoms with van der Waals surface area (Å²) in [7, 11) is 0. The third kappa shape index (κ3) is 4.72. The Morgan fingerprint density at radius 3 is 2.43 bits per heavy atom. The van der Waals surface area contributed by atoms with Crippen LogP contribution in [0.2, 0.25) is 0 Å². The summed E-state index contributed by atoms with van der Waals surface area (Å²) in [6, 6.07) is 1.10. The molecule has 0 spiro atoms. The minimum absolute atomic E-state index is 0.0210. The number of halogens is 1. The maximum atomic E-state index is 15.1. The van der Waals surface area contributed by atoms with E-state index < -0.39 is 28.6 Å². The molecule has 10 heteroatoms. The van der Waals surface area contributed by atoms with Crippen molar-refractivity contribution in [2.45, 2.75) is 20.4 Å². The highest BCUT2D eigenvalue weighted by Crippen LogP contribution is 2.23. The van der Waals surface area contributed by atoms with Gasteiger partial charge in [-0.3, -0.25) is 24.0 Å². The average molecular weight is 478 g/mol. The molecule has 0 saturated carbocycles. The highest BCUT2D eigenvalue weighted by Gasteiger charge is 2.24. The van der Waals surface area contributed by atoms with E-state index in [1.807, 2.05) is 6.92 Å². The van der Waals surface area contributed by atoms with Crippen LogP contribution in [0.1, 0.15) is 24.2 Å². The van der Waals surface area contributed by atoms with E-state index >= 15 is 4.39 Å². The van der Waals surface area contributed by atoms with Gasteiger partial charge in [-0.2, -0.15) is 0 Å². The van der Waals surface area contributed by atoms with Gasteiger partial charge in [0.25, 0.3) is 0 Å². The van der Waals surface area contributed by atoms with Crippen molar-refractivity contribution in [3.05, 3.63) is 69.8 Å². The minimum Gasteiger partial charge on any atom is -0.351 e. The lowest BCUT2D eigenvalue weighted by Gasteiger charge is -2.35. The number of hydrogen-bond donors (Lipinski definition) is 0. The number of aromatic nitrogens is 2. The summed E-state index contributed by atoms with van der Waals surface area (Å²) in [6.07, 6.45) is 7.47. The molecule has 2 aliphatic rings. The molecule has 0 unspecified atom stereocenters. The number of carbonyl (C=O) groups is 4. The number of aryl methyl sites for hydroxylation is 1. The van der Waals surface area contributed by atoms with Crippen LogP contribution in [0.4, 0.5) is 10.2 Å². The van der Waals surface area contributed by atoms with Crippen LogP contribution >= 0.6 is 0 Å². The molecule has 0 N–H and O–H groups in total. The van der Waals surface area contributed by atoms with Crippen molar-refractivity contribution in [2.75, 3.05) is 31.1 Å². The maximum absolute atomic E-state index is 15.1. The molecule has 3 heterocycles. The van der Waals surface area contributed by atoms with Crippen LogP contribution in [0.25, 0.3) is 11.0 Å². The summed E-state index contributed by atoms with van der Waals surface area (Å²) in [5, 5.41) is -0.0210. The van der Waals surface area contributed by atoms with Gasteiger partial charge in [0.2, 0.25) is 22.9 Å². The molecule has 0 bridgehead atoms. The molecular weight excluding hydrogens is 455 g/mol. The number of ketones is 3. The fraction of sp³-hybridized carbons (Fsp3) is 0.280. The van der Waals surface area contributed by atoms with E-state index in [4.69, 9.17) is 0 Å². The van der Waals surface area contributed by atoms with Crippen molar-refractivity contribution in [3.8, 4) is 0 Å². The zero-order valence-electron chi connectivity index (χ0n) is 19.3. The van der Waals surface area contributed by atoms with E-state index in [2.05, 4.69) is 4.98 Å². The fourth-order valence-corrected chi connectivity index (χ4v) is 4.04. The van der Waals surface area contributed by atoms with E-state index in [0.29, 0.717) is 38.3 Å². The summed E-state index contributed by atoms with van der Waals surface area (Å²) in [5.41, 5.74) is -0.215. The molecule has 4 rings (SSSR count). The normalized spacial score (nSPS) is 16.4. The molecule has 2 aromatic heterocycles. The molecule has 9 nitrogen and oxygen atoms in total. The largest absolute Gasteiger partial charge is 0.351 e. The number of pyridine rings is 2. The number of rotatable bonds is 5. The molecule has 1 amide bonds. The lowest BCUT2D eigenvalue weighted by molar-refractivity contribution is -0.131. The van der Waals surface area contributed by atoms with Gasteiger partial charge in [-0.25, -0.2) is 9.37 Å². The summed E-state index contributed by atoms with van der Waals surface area (Å²) in [4.78, 5) is 68.1. The smallest absolute Gasteiger partial charge is 0.226 e. The predicted octanol–water partition coefficient (Wildman–Crippen LogP) is 1.60. The average Bonchev–Trinajstić information content (AvgIpc) is 2.85. The van der Waals surface area contributed by atoms with E-state index in [-0.39, 0.29) is 28.3 Å². The first kappa shape index (κ1) is 23.9. The topological polar surface area (TPSA) is 110 Å². The molecule has 1 aliphatic carbocycles. The second-order valence-electron chi connectivity index (χ2n) is 8.22. The van der Waals surface area contributed by atoms with Gasteiger partial charge in [-0.05, 0) is 36.8 Å². The lowest BCUT2D eigenvalue weighted by atomic mass is 10.0. The monoisotopic (exact) mass is 478 g/mol. The van der Waals surface area contributed by atoms with Crippen molar-refractivity contribution >= 4 is 40.1 Å². The highest BCUT2D eigenvalue weighted by atomic mass is 19.1. The van der Waals surface area contributed by atoms with Crippen LogP contribution < -0.4 is 10.3 Å². The Kier molecular flexibility index (Phi) is 6.54. The van der Waals surface area contributed by atoms with Crippen LogP contribution in [-0.2, 0) is 20.9 Å². The summed E-state index contributed by atoms with van der Waals surface area (Å²) in [5.74, 6) is -2.60. The zero-order valence-corrected chi connectivity index (χ0v) is 19.3. The fourth-order valence-electron chi connectivity index (χ4n) is 4.04. The van der Waals surface area contributed by atoms with E-state index in [1.54, 1.807) is 14.4 Å². The third-order valence-electron chi connectivity index (χ3n) is 6.01. The van der Waals surface area contributed by atoms with Gasteiger partial charge < -0.3 is 14.4 Å². The summed E-state index contributed by atoms with van der Waals surface area (Å²) < 4.78 is 16.7. The SMILES string of the molecule is CCn1cc(C(=O)C=CC2=CC(=O)C(=O)C=C2)c(=O)c2cc(F)c(N3CCN(C(C)=O)CC3)nc21. The van der Waals surface area contributed by atoms with Gasteiger partial charge in [0.15, 0.2) is 17.4 Å². The predicted molar refractivity (Wildman–Crippen MR) is 127 cm³/mol.